The molecule has 0 aliphatic carbocycles. The maximum Gasteiger partial charge on any atom is 0.138 e. The summed E-state index contributed by atoms with van der Waals surface area (Å²) in [6.07, 6.45) is 3.91. The second-order valence-electron chi connectivity index (χ2n) is 3.06. The number of fused-ring (bicyclic) bond motifs is 1. The first-order chi connectivity index (χ1) is 6.16. The number of nitrogens with zero attached hydrogens (tertiary/aromatic N) is 2. The zero-order valence-electron chi connectivity index (χ0n) is 8.05. The highest BCUT2D eigenvalue weighted by Crippen LogP contribution is 2.15. The molecule has 0 spiro atoms. The standard InChI is InChI=1S/C9H10BrN3.2ClH/c1-6(11)8-5-13-3-2-7(10)4-9(13)12-8;;/h2-6H,11H2,1H3;2*1H/t6-;;/m1../s1. The predicted molar refractivity (Wildman–Crippen MR) is 70.0 cm³/mol. The van der Waals surface area contributed by atoms with Crippen LogP contribution >= 0.6 is 40.7 Å². The molecule has 0 amide bonds. The molecule has 0 saturated heterocycles. The molecular weight excluding hydrogens is 301 g/mol. The van der Waals surface area contributed by atoms with Gasteiger partial charge in [-0.15, -0.1) is 24.8 Å². The third-order valence-corrected chi connectivity index (χ3v) is 2.40. The van der Waals surface area contributed by atoms with Gasteiger partial charge in [-0.3, -0.25) is 0 Å². The van der Waals surface area contributed by atoms with E-state index in [1.807, 2.05) is 35.9 Å². The van der Waals surface area contributed by atoms with Crippen LogP contribution in [-0.2, 0) is 0 Å². The fourth-order valence-corrected chi connectivity index (χ4v) is 1.52. The normalized spacial score (nSPS) is 11.7. The molecule has 0 aliphatic heterocycles. The van der Waals surface area contributed by atoms with Gasteiger partial charge in [0.1, 0.15) is 5.65 Å². The molecule has 0 fully saturated rings. The third kappa shape index (κ3) is 3.08. The van der Waals surface area contributed by atoms with E-state index in [4.69, 9.17) is 5.73 Å². The minimum atomic E-state index is -0.0151. The van der Waals surface area contributed by atoms with Crippen molar-refractivity contribution in [3.8, 4) is 0 Å². The first kappa shape index (κ1) is 14.7. The van der Waals surface area contributed by atoms with E-state index >= 15 is 0 Å². The molecule has 15 heavy (non-hydrogen) atoms. The Morgan fingerprint density at radius 3 is 2.73 bits per heavy atom. The molecule has 0 aromatic carbocycles. The van der Waals surface area contributed by atoms with Crippen molar-refractivity contribution in [3.63, 3.8) is 0 Å². The quantitative estimate of drug-likeness (QED) is 0.879. The number of aromatic nitrogens is 2. The average Bonchev–Trinajstić information content (AvgIpc) is 2.46. The van der Waals surface area contributed by atoms with Crippen LogP contribution in [0.2, 0.25) is 0 Å². The van der Waals surface area contributed by atoms with Crippen LogP contribution in [-0.4, -0.2) is 9.38 Å². The summed E-state index contributed by atoms with van der Waals surface area (Å²) < 4.78 is 2.99. The maximum atomic E-state index is 5.73. The van der Waals surface area contributed by atoms with Crippen LogP contribution in [0.25, 0.3) is 5.65 Å². The lowest BCUT2D eigenvalue weighted by Gasteiger charge is -1.95. The zero-order chi connectivity index (χ0) is 9.42. The fraction of sp³-hybridized carbons (Fsp3) is 0.222. The molecule has 2 rings (SSSR count). The number of rotatable bonds is 1. The van der Waals surface area contributed by atoms with Crippen molar-refractivity contribution in [1.29, 1.82) is 0 Å². The highest BCUT2D eigenvalue weighted by molar-refractivity contribution is 9.10. The second-order valence-corrected chi connectivity index (χ2v) is 3.98. The summed E-state index contributed by atoms with van der Waals surface area (Å²) in [4.78, 5) is 4.38. The van der Waals surface area contributed by atoms with Crippen molar-refractivity contribution >= 4 is 46.4 Å². The fourth-order valence-electron chi connectivity index (χ4n) is 1.20. The number of nitrogens with two attached hydrogens (primary N) is 1. The first-order valence-corrected chi connectivity index (χ1v) is 4.86. The molecule has 6 heteroatoms. The Bertz CT molecular complexity index is 442. The third-order valence-electron chi connectivity index (χ3n) is 1.91. The van der Waals surface area contributed by atoms with Crippen molar-refractivity contribution in [1.82, 2.24) is 9.38 Å². The summed E-state index contributed by atoms with van der Waals surface area (Å²) >= 11 is 3.39. The van der Waals surface area contributed by atoms with Crippen LogP contribution in [0.3, 0.4) is 0 Å². The number of halogens is 3. The molecule has 0 aliphatic rings. The zero-order valence-corrected chi connectivity index (χ0v) is 11.3. The summed E-state index contributed by atoms with van der Waals surface area (Å²) in [5, 5.41) is 0. The number of imidazole rings is 1. The van der Waals surface area contributed by atoms with Crippen molar-refractivity contribution in [3.05, 3.63) is 34.7 Å². The van der Waals surface area contributed by atoms with E-state index in [0.29, 0.717) is 0 Å². The van der Waals surface area contributed by atoms with E-state index in [1.165, 1.54) is 0 Å². The SMILES string of the molecule is C[C@@H](N)c1cn2ccc(Br)cc2n1.Cl.Cl. The maximum absolute atomic E-state index is 5.73. The Morgan fingerprint density at radius 1 is 1.47 bits per heavy atom. The predicted octanol–water partition coefficient (Wildman–Crippen LogP) is 2.96. The molecule has 2 aromatic heterocycles. The van der Waals surface area contributed by atoms with Crippen molar-refractivity contribution in [2.24, 2.45) is 5.73 Å². The van der Waals surface area contributed by atoms with E-state index in [0.717, 1.165) is 15.8 Å². The van der Waals surface area contributed by atoms with Gasteiger partial charge >= 0.3 is 0 Å². The second kappa shape index (κ2) is 5.70. The van der Waals surface area contributed by atoms with Gasteiger partial charge in [-0.1, -0.05) is 15.9 Å². The van der Waals surface area contributed by atoms with Crippen LogP contribution in [0.1, 0.15) is 18.7 Å². The number of pyridine rings is 1. The molecule has 3 nitrogen and oxygen atoms in total. The highest BCUT2D eigenvalue weighted by Gasteiger charge is 2.04. The molecule has 2 N–H and O–H groups in total. The monoisotopic (exact) mass is 311 g/mol. The van der Waals surface area contributed by atoms with E-state index in [2.05, 4.69) is 20.9 Å². The van der Waals surface area contributed by atoms with Gasteiger partial charge in [-0.25, -0.2) is 4.98 Å². The number of hydrogen-bond acceptors (Lipinski definition) is 2. The van der Waals surface area contributed by atoms with E-state index in [9.17, 15) is 0 Å². The summed E-state index contributed by atoms with van der Waals surface area (Å²) in [7, 11) is 0. The van der Waals surface area contributed by atoms with Crippen molar-refractivity contribution in [2.45, 2.75) is 13.0 Å². The Balaban J connectivity index is 0.000000980. The van der Waals surface area contributed by atoms with Gasteiger partial charge < -0.3 is 10.1 Å². The topological polar surface area (TPSA) is 43.3 Å². The summed E-state index contributed by atoms with van der Waals surface area (Å²) in [5.41, 5.74) is 7.56. The molecule has 2 aromatic rings. The lowest BCUT2D eigenvalue weighted by molar-refractivity contribution is 0.790. The Morgan fingerprint density at radius 2 is 2.13 bits per heavy atom. The molecule has 0 radical (unpaired) electrons. The van der Waals surface area contributed by atoms with Crippen molar-refractivity contribution < 1.29 is 0 Å². The minimum Gasteiger partial charge on any atom is -0.323 e. The Labute approximate surface area is 109 Å². The Hall–Kier alpha value is -0.290. The summed E-state index contributed by atoms with van der Waals surface area (Å²) in [6, 6.07) is 3.92. The molecule has 0 saturated carbocycles. The molecule has 0 unspecified atom stereocenters. The van der Waals surface area contributed by atoms with Gasteiger partial charge in [0.15, 0.2) is 0 Å². The van der Waals surface area contributed by atoms with Gasteiger partial charge in [-0.05, 0) is 19.1 Å². The molecule has 84 valence electrons. The largest absolute Gasteiger partial charge is 0.323 e. The number of hydrogen-bond donors (Lipinski definition) is 1. The minimum absolute atomic E-state index is 0. The Kier molecular flexibility index (Phi) is 5.59. The van der Waals surface area contributed by atoms with E-state index < -0.39 is 0 Å². The van der Waals surface area contributed by atoms with Crippen LogP contribution in [0, 0.1) is 0 Å². The molecule has 1 atom stereocenters. The van der Waals surface area contributed by atoms with Gasteiger partial charge in [0, 0.05) is 22.9 Å². The van der Waals surface area contributed by atoms with Gasteiger partial charge in [0.25, 0.3) is 0 Å². The van der Waals surface area contributed by atoms with Crippen LogP contribution < -0.4 is 5.73 Å². The lowest BCUT2D eigenvalue weighted by Crippen LogP contribution is -2.04. The van der Waals surface area contributed by atoms with E-state index in [-0.39, 0.29) is 30.9 Å². The summed E-state index contributed by atoms with van der Waals surface area (Å²) in [6.45, 7) is 1.93. The molecule has 2 heterocycles. The molecule has 0 bridgehead atoms. The first-order valence-electron chi connectivity index (χ1n) is 4.06. The van der Waals surface area contributed by atoms with Crippen LogP contribution in [0.15, 0.2) is 29.0 Å². The van der Waals surface area contributed by atoms with Crippen molar-refractivity contribution in [2.75, 3.05) is 0 Å². The summed E-state index contributed by atoms with van der Waals surface area (Å²) in [5.74, 6) is 0. The molecular formula is C9H12BrCl2N3. The van der Waals surface area contributed by atoms with Crippen LogP contribution in [0.5, 0.6) is 0 Å². The average molecular weight is 313 g/mol. The highest BCUT2D eigenvalue weighted by atomic mass is 79.9. The van der Waals surface area contributed by atoms with Gasteiger partial charge in [0.05, 0.1) is 5.69 Å². The lowest BCUT2D eigenvalue weighted by atomic mass is 10.3. The van der Waals surface area contributed by atoms with Gasteiger partial charge in [0.2, 0.25) is 0 Å². The smallest absolute Gasteiger partial charge is 0.138 e. The van der Waals surface area contributed by atoms with Crippen LogP contribution in [0.4, 0.5) is 0 Å². The van der Waals surface area contributed by atoms with Gasteiger partial charge in [-0.2, -0.15) is 0 Å². The van der Waals surface area contributed by atoms with E-state index in [1.54, 1.807) is 0 Å².